The van der Waals surface area contributed by atoms with Crippen molar-refractivity contribution in [3.63, 3.8) is 0 Å². The Balaban J connectivity index is 1.69. The van der Waals surface area contributed by atoms with E-state index in [0.717, 1.165) is 85.0 Å². The number of hydrogen-bond acceptors (Lipinski definition) is 4. The van der Waals surface area contributed by atoms with Crippen LogP contribution >= 0.6 is 15.9 Å². The summed E-state index contributed by atoms with van der Waals surface area (Å²) in [6, 6.07) is 16.3. The lowest BCUT2D eigenvalue weighted by molar-refractivity contribution is 0.249. The van der Waals surface area contributed by atoms with Crippen LogP contribution in [-0.4, -0.2) is 45.9 Å². The first-order valence-electron chi connectivity index (χ1n) is 11.3. The van der Waals surface area contributed by atoms with Crippen LogP contribution in [0.2, 0.25) is 0 Å². The molecule has 1 aromatic heterocycles. The molecule has 2 aromatic carbocycles. The van der Waals surface area contributed by atoms with E-state index in [1.165, 1.54) is 0 Å². The zero-order valence-electron chi connectivity index (χ0n) is 18.9. The summed E-state index contributed by atoms with van der Waals surface area (Å²) < 4.78 is 8.94. The van der Waals surface area contributed by atoms with Crippen LogP contribution < -0.4 is 4.74 Å². The van der Waals surface area contributed by atoms with Gasteiger partial charge in [0.05, 0.1) is 12.3 Å². The number of rotatable bonds is 12. The molecule has 0 aliphatic carbocycles. The lowest BCUT2D eigenvalue weighted by Gasteiger charge is -2.17. The van der Waals surface area contributed by atoms with Crippen molar-refractivity contribution in [2.45, 2.75) is 46.5 Å². The second-order valence-electron chi connectivity index (χ2n) is 7.60. The fourth-order valence-corrected chi connectivity index (χ4v) is 3.74. The van der Waals surface area contributed by atoms with E-state index in [9.17, 15) is 0 Å². The third-order valence-corrected chi connectivity index (χ3v) is 5.92. The van der Waals surface area contributed by atoms with E-state index < -0.39 is 0 Å². The van der Waals surface area contributed by atoms with E-state index in [-0.39, 0.29) is 0 Å². The standard InChI is InChI=1S/C25H33BrN4O/c1-4-7-9-24-27-25(28-30(24)22-14-12-21(26)13-15-22)20-10-16-23(17-11-20)31-19-8-18-29(5-2)6-3/h10-17H,4-9,18-19H2,1-3H3. The number of benzene rings is 2. The van der Waals surface area contributed by atoms with Crippen LogP contribution in [0.4, 0.5) is 0 Å². The molecule has 166 valence electrons. The zero-order valence-corrected chi connectivity index (χ0v) is 20.4. The van der Waals surface area contributed by atoms with Crippen molar-refractivity contribution < 1.29 is 4.74 Å². The second-order valence-corrected chi connectivity index (χ2v) is 8.51. The topological polar surface area (TPSA) is 43.2 Å². The van der Waals surface area contributed by atoms with Crippen molar-refractivity contribution in [1.29, 1.82) is 0 Å². The molecule has 31 heavy (non-hydrogen) atoms. The maximum absolute atomic E-state index is 5.92. The Morgan fingerprint density at radius 1 is 0.935 bits per heavy atom. The molecule has 0 bridgehead atoms. The summed E-state index contributed by atoms with van der Waals surface area (Å²) in [6.07, 6.45) is 4.16. The lowest BCUT2D eigenvalue weighted by atomic mass is 10.2. The SMILES string of the molecule is CCCCc1nc(-c2ccc(OCCCN(CC)CC)cc2)nn1-c1ccc(Br)cc1. The number of nitrogens with zero attached hydrogens (tertiary/aromatic N) is 4. The van der Waals surface area contributed by atoms with Gasteiger partial charge in [0.15, 0.2) is 5.82 Å². The Hall–Kier alpha value is -2.18. The normalized spacial score (nSPS) is 11.3. The van der Waals surface area contributed by atoms with E-state index in [2.05, 4.69) is 53.7 Å². The summed E-state index contributed by atoms with van der Waals surface area (Å²) in [4.78, 5) is 7.27. The van der Waals surface area contributed by atoms with Crippen molar-refractivity contribution >= 4 is 15.9 Å². The Labute approximate surface area is 194 Å². The second kappa shape index (κ2) is 12.0. The maximum Gasteiger partial charge on any atom is 0.181 e. The average molecular weight is 485 g/mol. The number of hydrogen-bond donors (Lipinski definition) is 0. The molecule has 0 fully saturated rings. The van der Waals surface area contributed by atoms with Crippen LogP contribution in [-0.2, 0) is 6.42 Å². The molecule has 0 amide bonds. The molecule has 3 aromatic rings. The fourth-order valence-electron chi connectivity index (χ4n) is 3.47. The summed E-state index contributed by atoms with van der Waals surface area (Å²) >= 11 is 3.50. The van der Waals surface area contributed by atoms with Crippen LogP contribution in [0.3, 0.4) is 0 Å². The molecule has 0 aliphatic heterocycles. The van der Waals surface area contributed by atoms with Crippen LogP contribution in [0.1, 0.15) is 45.9 Å². The van der Waals surface area contributed by atoms with Gasteiger partial charge in [0.1, 0.15) is 11.6 Å². The van der Waals surface area contributed by atoms with Gasteiger partial charge in [-0.3, -0.25) is 0 Å². The Kier molecular flexibility index (Phi) is 9.10. The molecule has 0 atom stereocenters. The van der Waals surface area contributed by atoms with Gasteiger partial charge < -0.3 is 9.64 Å². The molecule has 0 saturated heterocycles. The number of aromatic nitrogens is 3. The highest BCUT2D eigenvalue weighted by molar-refractivity contribution is 9.10. The quantitative estimate of drug-likeness (QED) is 0.289. The monoisotopic (exact) mass is 484 g/mol. The van der Waals surface area contributed by atoms with E-state index in [4.69, 9.17) is 14.8 Å². The number of halogens is 1. The summed E-state index contributed by atoms with van der Waals surface area (Å²) in [5.41, 5.74) is 2.03. The number of aryl methyl sites for hydroxylation is 1. The minimum absolute atomic E-state index is 0.730. The number of unbranched alkanes of at least 4 members (excludes halogenated alkanes) is 1. The van der Waals surface area contributed by atoms with E-state index >= 15 is 0 Å². The summed E-state index contributed by atoms with van der Waals surface area (Å²) in [5.74, 6) is 2.64. The largest absolute Gasteiger partial charge is 0.494 e. The van der Waals surface area contributed by atoms with Gasteiger partial charge in [-0.15, -0.1) is 5.10 Å². The minimum atomic E-state index is 0.730. The Morgan fingerprint density at radius 2 is 1.65 bits per heavy atom. The van der Waals surface area contributed by atoms with Gasteiger partial charge in [0.2, 0.25) is 0 Å². The first-order valence-corrected chi connectivity index (χ1v) is 12.1. The van der Waals surface area contributed by atoms with E-state index in [0.29, 0.717) is 0 Å². The zero-order chi connectivity index (χ0) is 22.1. The van der Waals surface area contributed by atoms with Crippen LogP contribution in [0, 0.1) is 0 Å². The smallest absolute Gasteiger partial charge is 0.181 e. The molecule has 0 N–H and O–H groups in total. The van der Waals surface area contributed by atoms with Gasteiger partial charge in [-0.05, 0) is 74.5 Å². The van der Waals surface area contributed by atoms with Crippen molar-refractivity contribution in [1.82, 2.24) is 19.7 Å². The first-order chi connectivity index (χ1) is 15.1. The van der Waals surface area contributed by atoms with Crippen molar-refractivity contribution in [3.8, 4) is 22.8 Å². The van der Waals surface area contributed by atoms with Crippen LogP contribution in [0.25, 0.3) is 17.1 Å². The number of ether oxygens (including phenoxy) is 1. The molecule has 1 heterocycles. The van der Waals surface area contributed by atoms with E-state index in [1.807, 2.05) is 41.1 Å². The predicted molar refractivity (Wildman–Crippen MR) is 131 cm³/mol. The van der Waals surface area contributed by atoms with Gasteiger partial charge in [-0.1, -0.05) is 43.1 Å². The van der Waals surface area contributed by atoms with Gasteiger partial charge >= 0.3 is 0 Å². The molecule has 0 unspecified atom stereocenters. The first kappa shape index (κ1) is 23.5. The summed E-state index contributed by atoms with van der Waals surface area (Å²) in [6.45, 7) is 10.6. The highest BCUT2D eigenvalue weighted by Crippen LogP contribution is 2.23. The van der Waals surface area contributed by atoms with Crippen LogP contribution in [0.5, 0.6) is 5.75 Å². The van der Waals surface area contributed by atoms with Gasteiger partial charge in [-0.2, -0.15) is 0 Å². The molecule has 5 nitrogen and oxygen atoms in total. The molecule has 0 saturated carbocycles. The average Bonchev–Trinajstić information content (AvgIpc) is 3.23. The summed E-state index contributed by atoms with van der Waals surface area (Å²) in [5, 5.41) is 4.82. The predicted octanol–water partition coefficient (Wildman–Crippen LogP) is 6.15. The fraction of sp³-hybridized carbons (Fsp3) is 0.440. The molecule has 3 rings (SSSR count). The van der Waals surface area contributed by atoms with Gasteiger partial charge in [0.25, 0.3) is 0 Å². The van der Waals surface area contributed by atoms with Gasteiger partial charge in [-0.25, -0.2) is 9.67 Å². The minimum Gasteiger partial charge on any atom is -0.494 e. The van der Waals surface area contributed by atoms with Crippen molar-refractivity contribution in [2.24, 2.45) is 0 Å². The molecule has 0 radical (unpaired) electrons. The Morgan fingerprint density at radius 3 is 2.29 bits per heavy atom. The van der Waals surface area contributed by atoms with Crippen molar-refractivity contribution in [2.75, 3.05) is 26.2 Å². The Bertz CT molecular complexity index is 918. The molecule has 0 aliphatic rings. The van der Waals surface area contributed by atoms with Crippen LogP contribution in [0.15, 0.2) is 53.0 Å². The highest BCUT2D eigenvalue weighted by Gasteiger charge is 2.13. The van der Waals surface area contributed by atoms with E-state index in [1.54, 1.807) is 0 Å². The third kappa shape index (κ3) is 6.65. The summed E-state index contributed by atoms with van der Waals surface area (Å²) in [7, 11) is 0. The maximum atomic E-state index is 5.92. The highest BCUT2D eigenvalue weighted by atomic mass is 79.9. The van der Waals surface area contributed by atoms with Gasteiger partial charge in [0, 0.05) is 23.0 Å². The molecule has 0 spiro atoms. The molecular weight excluding hydrogens is 452 g/mol. The third-order valence-electron chi connectivity index (χ3n) is 5.39. The molecule has 6 heteroatoms. The molecular formula is C25H33BrN4O. The van der Waals surface area contributed by atoms with Crippen molar-refractivity contribution in [3.05, 3.63) is 58.8 Å². The lowest BCUT2D eigenvalue weighted by Crippen LogP contribution is -2.25.